The first kappa shape index (κ1) is 15.4. The molecule has 0 aliphatic carbocycles. The zero-order valence-electron chi connectivity index (χ0n) is 12.2. The third kappa shape index (κ3) is 6.36. The van der Waals surface area contributed by atoms with Gasteiger partial charge in [-0.2, -0.15) is 0 Å². The molecule has 1 fully saturated rings. The Hall–Kier alpha value is -0.610. The van der Waals surface area contributed by atoms with Crippen molar-refractivity contribution in [1.82, 2.24) is 15.5 Å². The molecule has 0 aromatic rings. The molecule has 1 unspecified atom stereocenters. The van der Waals surface area contributed by atoms with Crippen LogP contribution in [0.4, 0.5) is 0 Å². The molecule has 4 nitrogen and oxygen atoms in total. The van der Waals surface area contributed by atoms with Crippen molar-refractivity contribution in [2.24, 2.45) is 5.92 Å². The number of amides is 1. The fraction of sp³-hybridized carbons (Fsp3) is 0.929. The van der Waals surface area contributed by atoms with Crippen molar-refractivity contribution >= 4 is 5.91 Å². The van der Waals surface area contributed by atoms with E-state index >= 15 is 0 Å². The molecule has 106 valence electrons. The summed E-state index contributed by atoms with van der Waals surface area (Å²) < 4.78 is 0. The Morgan fingerprint density at radius 2 is 1.83 bits per heavy atom. The van der Waals surface area contributed by atoms with Crippen molar-refractivity contribution in [1.29, 1.82) is 0 Å². The Morgan fingerprint density at radius 1 is 1.17 bits per heavy atom. The van der Waals surface area contributed by atoms with Gasteiger partial charge < -0.3 is 15.5 Å². The van der Waals surface area contributed by atoms with Crippen LogP contribution in [0.3, 0.4) is 0 Å². The minimum Gasteiger partial charge on any atom is -0.354 e. The SMILES string of the molecule is CC(C)CNC(=O)C(C)NCCN1CCCCC1. The van der Waals surface area contributed by atoms with Crippen molar-refractivity contribution in [3.63, 3.8) is 0 Å². The molecule has 0 spiro atoms. The lowest BCUT2D eigenvalue weighted by atomic mass is 10.1. The van der Waals surface area contributed by atoms with Gasteiger partial charge in [0.15, 0.2) is 0 Å². The van der Waals surface area contributed by atoms with E-state index in [4.69, 9.17) is 0 Å². The number of likely N-dealkylation sites (tertiary alicyclic amines) is 1. The van der Waals surface area contributed by atoms with Gasteiger partial charge in [0.25, 0.3) is 0 Å². The Labute approximate surface area is 111 Å². The highest BCUT2D eigenvalue weighted by molar-refractivity contribution is 5.81. The van der Waals surface area contributed by atoms with Gasteiger partial charge in [0, 0.05) is 19.6 Å². The number of hydrogen-bond donors (Lipinski definition) is 2. The van der Waals surface area contributed by atoms with Crippen LogP contribution < -0.4 is 10.6 Å². The molecule has 1 heterocycles. The predicted molar refractivity (Wildman–Crippen MR) is 75.6 cm³/mol. The standard InChI is InChI=1S/C14H29N3O/c1-12(2)11-16-14(18)13(3)15-7-10-17-8-5-4-6-9-17/h12-13,15H,4-11H2,1-3H3,(H,16,18). The molecular weight excluding hydrogens is 226 g/mol. The van der Waals surface area contributed by atoms with Crippen molar-refractivity contribution in [3.8, 4) is 0 Å². The molecule has 1 amide bonds. The number of rotatable bonds is 7. The normalized spacial score (nSPS) is 18.9. The van der Waals surface area contributed by atoms with Gasteiger partial charge in [-0.05, 0) is 38.8 Å². The van der Waals surface area contributed by atoms with Crippen molar-refractivity contribution < 1.29 is 4.79 Å². The summed E-state index contributed by atoms with van der Waals surface area (Å²) in [6.45, 7) is 11.3. The molecular formula is C14H29N3O. The molecule has 1 saturated heterocycles. The third-order valence-corrected chi connectivity index (χ3v) is 3.41. The van der Waals surface area contributed by atoms with Crippen LogP contribution in [0.25, 0.3) is 0 Å². The van der Waals surface area contributed by atoms with Gasteiger partial charge in [-0.25, -0.2) is 0 Å². The molecule has 1 atom stereocenters. The highest BCUT2D eigenvalue weighted by atomic mass is 16.2. The fourth-order valence-corrected chi connectivity index (χ4v) is 2.17. The van der Waals surface area contributed by atoms with Crippen LogP contribution in [0.2, 0.25) is 0 Å². The number of carbonyl (C=O) groups excluding carboxylic acids is 1. The Bertz CT molecular complexity index is 237. The minimum atomic E-state index is -0.0893. The van der Waals surface area contributed by atoms with Gasteiger partial charge in [0.05, 0.1) is 6.04 Å². The number of carbonyl (C=O) groups is 1. The third-order valence-electron chi connectivity index (χ3n) is 3.41. The number of hydrogen-bond acceptors (Lipinski definition) is 3. The summed E-state index contributed by atoms with van der Waals surface area (Å²) in [6.07, 6.45) is 4.02. The Balaban J connectivity index is 2.08. The van der Waals surface area contributed by atoms with E-state index in [0.717, 1.165) is 19.6 Å². The second kappa shape index (κ2) is 8.48. The summed E-state index contributed by atoms with van der Waals surface area (Å²) in [5.41, 5.74) is 0. The average molecular weight is 255 g/mol. The zero-order chi connectivity index (χ0) is 13.4. The molecule has 1 aliphatic heterocycles. The molecule has 1 aliphatic rings. The maximum absolute atomic E-state index is 11.7. The topological polar surface area (TPSA) is 44.4 Å². The van der Waals surface area contributed by atoms with Crippen LogP contribution in [-0.4, -0.2) is 49.6 Å². The first-order valence-electron chi connectivity index (χ1n) is 7.33. The van der Waals surface area contributed by atoms with E-state index in [0.29, 0.717) is 5.92 Å². The molecule has 0 saturated carbocycles. The van der Waals surface area contributed by atoms with Crippen molar-refractivity contribution in [2.45, 2.75) is 46.1 Å². The average Bonchev–Trinajstić information content (AvgIpc) is 2.37. The van der Waals surface area contributed by atoms with Crippen LogP contribution in [0.15, 0.2) is 0 Å². The lowest BCUT2D eigenvalue weighted by Gasteiger charge is -2.27. The second-order valence-electron chi connectivity index (χ2n) is 5.72. The Kier molecular flexibility index (Phi) is 7.28. The number of piperidine rings is 1. The first-order valence-corrected chi connectivity index (χ1v) is 7.33. The highest BCUT2D eigenvalue weighted by Gasteiger charge is 2.13. The smallest absolute Gasteiger partial charge is 0.236 e. The lowest BCUT2D eigenvalue weighted by Crippen LogP contribution is -2.46. The summed E-state index contributed by atoms with van der Waals surface area (Å²) in [4.78, 5) is 14.2. The molecule has 0 aromatic heterocycles. The van der Waals surface area contributed by atoms with E-state index in [9.17, 15) is 4.79 Å². The van der Waals surface area contributed by atoms with Gasteiger partial charge in [-0.3, -0.25) is 4.79 Å². The van der Waals surface area contributed by atoms with Crippen molar-refractivity contribution in [2.75, 3.05) is 32.7 Å². The van der Waals surface area contributed by atoms with Crippen molar-refractivity contribution in [3.05, 3.63) is 0 Å². The van der Waals surface area contributed by atoms with Crippen LogP contribution in [-0.2, 0) is 4.79 Å². The zero-order valence-corrected chi connectivity index (χ0v) is 12.2. The summed E-state index contributed by atoms with van der Waals surface area (Å²) in [6, 6.07) is -0.0893. The summed E-state index contributed by atoms with van der Waals surface area (Å²) >= 11 is 0. The van der Waals surface area contributed by atoms with Gasteiger partial charge in [-0.1, -0.05) is 20.3 Å². The highest BCUT2D eigenvalue weighted by Crippen LogP contribution is 2.07. The number of nitrogens with zero attached hydrogens (tertiary/aromatic N) is 1. The molecule has 18 heavy (non-hydrogen) atoms. The molecule has 0 bridgehead atoms. The molecule has 0 radical (unpaired) electrons. The summed E-state index contributed by atoms with van der Waals surface area (Å²) in [7, 11) is 0. The van der Waals surface area contributed by atoms with E-state index in [1.165, 1.54) is 32.4 Å². The summed E-state index contributed by atoms with van der Waals surface area (Å²) in [5, 5.41) is 6.25. The van der Waals surface area contributed by atoms with E-state index in [1.807, 2.05) is 6.92 Å². The van der Waals surface area contributed by atoms with Crippen LogP contribution in [0, 0.1) is 5.92 Å². The van der Waals surface area contributed by atoms with Crippen LogP contribution >= 0.6 is 0 Å². The first-order chi connectivity index (χ1) is 8.59. The molecule has 0 aromatic carbocycles. The van der Waals surface area contributed by atoms with Gasteiger partial charge in [0.2, 0.25) is 5.91 Å². The maximum Gasteiger partial charge on any atom is 0.236 e. The van der Waals surface area contributed by atoms with E-state index in [-0.39, 0.29) is 11.9 Å². The quantitative estimate of drug-likeness (QED) is 0.719. The van der Waals surface area contributed by atoms with Gasteiger partial charge >= 0.3 is 0 Å². The maximum atomic E-state index is 11.7. The fourth-order valence-electron chi connectivity index (χ4n) is 2.17. The summed E-state index contributed by atoms with van der Waals surface area (Å²) in [5.74, 6) is 0.622. The second-order valence-corrected chi connectivity index (χ2v) is 5.72. The number of nitrogens with one attached hydrogen (secondary N) is 2. The minimum absolute atomic E-state index is 0.0893. The van der Waals surface area contributed by atoms with Gasteiger partial charge in [-0.15, -0.1) is 0 Å². The Morgan fingerprint density at radius 3 is 2.44 bits per heavy atom. The molecule has 2 N–H and O–H groups in total. The largest absolute Gasteiger partial charge is 0.354 e. The lowest BCUT2D eigenvalue weighted by molar-refractivity contribution is -0.122. The van der Waals surface area contributed by atoms with Gasteiger partial charge in [0.1, 0.15) is 0 Å². The van der Waals surface area contributed by atoms with E-state index in [1.54, 1.807) is 0 Å². The van der Waals surface area contributed by atoms with E-state index in [2.05, 4.69) is 29.4 Å². The molecule has 1 rings (SSSR count). The van der Waals surface area contributed by atoms with Crippen LogP contribution in [0.5, 0.6) is 0 Å². The molecule has 4 heteroatoms. The predicted octanol–water partition coefficient (Wildman–Crippen LogP) is 1.22. The monoisotopic (exact) mass is 255 g/mol. The van der Waals surface area contributed by atoms with Crippen LogP contribution in [0.1, 0.15) is 40.0 Å². The van der Waals surface area contributed by atoms with E-state index < -0.39 is 0 Å².